The Balaban J connectivity index is 2.76. The van der Waals surface area contributed by atoms with Gasteiger partial charge in [0.1, 0.15) is 6.33 Å². The Morgan fingerprint density at radius 1 is 1.71 bits per heavy atom. The van der Waals surface area contributed by atoms with E-state index in [0.717, 1.165) is 0 Å². The average molecular weight is 99.1 g/mol. The van der Waals surface area contributed by atoms with E-state index in [1.165, 1.54) is 11.0 Å². The molecule has 0 fully saturated rings. The van der Waals surface area contributed by atoms with Crippen molar-refractivity contribution in [3.8, 4) is 0 Å². The number of hydrogen-bond acceptors (Lipinski definition) is 4. The third-order valence-corrected chi connectivity index (χ3v) is 0.579. The number of rotatable bonds is 1. The monoisotopic (exact) mass is 99.1 g/mol. The second-order valence-corrected chi connectivity index (χ2v) is 1.03. The van der Waals surface area contributed by atoms with Crippen LogP contribution < -0.4 is 5.73 Å². The highest BCUT2D eigenvalue weighted by atomic mass is 15.5. The molecule has 5 heteroatoms. The van der Waals surface area contributed by atoms with Gasteiger partial charge in [-0.1, -0.05) is 0 Å². The van der Waals surface area contributed by atoms with E-state index < -0.39 is 0 Å². The molecule has 0 saturated heterocycles. The van der Waals surface area contributed by atoms with E-state index in [0.29, 0.717) is 6.67 Å². The van der Waals surface area contributed by atoms with Crippen LogP contribution in [0.3, 0.4) is 0 Å². The van der Waals surface area contributed by atoms with Gasteiger partial charge in [-0.25, -0.2) is 4.68 Å². The van der Waals surface area contributed by atoms with E-state index >= 15 is 0 Å². The summed E-state index contributed by atoms with van der Waals surface area (Å²) in [6.07, 6.45) is 1.46. The quantitative estimate of drug-likeness (QED) is 0.469. The van der Waals surface area contributed by atoms with Gasteiger partial charge in [-0.15, -0.1) is 5.10 Å². The number of aromatic nitrogens is 4. The molecule has 1 aromatic heterocycles. The zero-order valence-electron chi connectivity index (χ0n) is 3.65. The maximum Gasteiger partial charge on any atom is 0.139 e. The molecule has 7 heavy (non-hydrogen) atoms. The Morgan fingerprint density at radius 2 is 2.57 bits per heavy atom. The van der Waals surface area contributed by atoms with Crippen LogP contribution in [-0.4, -0.2) is 20.2 Å². The van der Waals surface area contributed by atoms with Crippen LogP contribution in [0.4, 0.5) is 0 Å². The molecule has 0 aliphatic rings. The van der Waals surface area contributed by atoms with Crippen LogP contribution in [0.2, 0.25) is 0 Å². The lowest BCUT2D eigenvalue weighted by Crippen LogP contribution is -2.06. The van der Waals surface area contributed by atoms with Gasteiger partial charge in [0.2, 0.25) is 0 Å². The van der Waals surface area contributed by atoms with E-state index in [4.69, 9.17) is 5.73 Å². The smallest absolute Gasteiger partial charge is 0.139 e. The third kappa shape index (κ3) is 0.716. The first kappa shape index (κ1) is 4.20. The fourth-order valence-electron chi connectivity index (χ4n) is 0.264. The van der Waals surface area contributed by atoms with Crippen molar-refractivity contribution in [3.63, 3.8) is 0 Å². The minimum atomic E-state index is 0.340. The van der Waals surface area contributed by atoms with Crippen LogP contribution in [-0.2, 0) is 6.67 Å². The highest BCUT2D eigenvalue weighted by Gasteiger charge is 1.80. The Hall–Kier alpha value is -0.970. The molecule has 0 aromatic carbocycles. The molecule has 0 amide bonds. The van der Waals surface area contributed by atoms with Gasteiger partial charge < -0.3 is 5.73 Å². The van der Waals surface area contributed by atoms with Crippen molar-refractivity contribution in [2.45, 2.75) is 6.67 Å². The Labute approximate surface area is 40.1 Å². The minimum absolute atomic E-state index is 0.340. The average Bonchev–Trinajstić information content (AvgIpc) is 2.14. The maximum absolute atomic E-state index is 5.11. The number of nitrogens with two attached hydrogens (primary N) is 1. The van der Waals surface area contributed by atoms with E-state index in [1.54, 1.807) is 0 Å². The lowest BCUT2D eigenvalue weighted by Gasteiger charge is -1.83. The zero-order chi connectivity index (χ0) is 5.11. The molecule has 5 nitrogen and oxygen atoms in total. The van der Waals surface area contributed by atoms with Crippen molar-refractivity contribution < 1.29 is 0 Å². The van der Waals surface area contributed by atoms with E-state index in [9.17, 15) is 0 Å². The number of tetrazole rings is 1. The van der Waals surface area contributed by atoms with Gasteiger partial charge in [0.25, 0.3) is 0 Å². The first-order valence-corrected chi connectivity index (χ1v) is 1.84. The van der Waals surface area contributed by atoms with Gasteiger partial charge in [0.15, 0.2) is 0 Å². The first-order valence-electron chi connectivity index (χ1n) is 1.84. The van der Waals surface area contributed by atoms with Crippen LogP contribution in [0.15, 0.2) is 6.33 Å². The SMILES string of the molecule is NCn1cnnn1. The highest BCUT2D eigenvalue weighted by molar-refractivity contribution is 4.39. The van der Waals surface area contributed by atoms with Crippen molar-refractivity contribution >= 4 is 0 Å². The summed E-state index contributed by atoms with van der Waals surface area (Å²) < 4.78 is 1.43. The van der Waals surface area contributed by atoms with Crippen molar-refractivity contribution in [3.05, 3.63) is 6.33 Å². The van der Waals surface area contributed by atoms with Crippen LogP contribution in [0.5, 0.6) is 0 Å². The Morgan fingerprint density at radius 3 is 2.86 bits per heavy atom. The van der Waals surface area contributed by atoms with Crippen LogP contribution in [0.1, 0.15) is 0 Å². The molecule has 0 bridgehead atoms. The number of nitrogens with zero attached hydrogens (tertiary/aromatic N) is 4. The van der Waals surface area contributed by atoms with Crippen molar-refractivity contribution in [2.75, 3.05) is 0 Å². The summed E-state index contributed by atoms with van der Waals surface area (Å²) in [7, 11) is 0. The van der Waals surface area contributed by atoms with Gasteiger partial charge >= 0.3 is 0 Å². The van der Waals surface area contributed by atoms with Crippen LogP contribution in [0.25, 0.3) is 0 Å². The number of hydrogen-bond donors (Lipinski definition) is 1. The molecule has 0 aliphatic carbocycles. The first-order chi connectivity index (χ1) is 3.43. The molecule has 0 spiro atoms. The second kappa shape index (κ2) is 1.65. The molecule has 0 atom stereocenters. The molecule has 1 heterocycles. The second-order valence-electron chi connectivity index (χ2n) is 1.03. The normalized spacial score (nSPS) is 9.29. The van der Waals surface area contributed by atoms with E-state index in [-0.39, 0.29) is 0 Å². The van der Waals surface area contributed by atoms with Gasteiger partial charge in [-0.3, -0.25) is 0 Å². The van der Waals surface area contributed by atoms with Crippen molar-refractivity contribution in [1.82, 2.24) is 20.2 Å². The lowest BCUT2D eigenvalue weighted by molar-refractivity contribution is 0.608. The highest BCUT2D eigenvalue weighted by Crippen LogP contribution is 1.64. The largest absolute Gasteiger partial charge is 0.312 e. The van der Waals surface area contributed by atoms with Gasteiger partial charge in [-0.05, 0) is 10.4 Å². The fourth-order valence-corrected chi connectivity index (χ4v) is 0.264. The molecular weight excluding hydrogens is 94.1 g/mol. The molecule has 38 valence electrons. The van der Waals surface area contributed by atoms with Gasteiger partial charge in [-0.2, -0.15) is 0 Å². The summed E-state index contributed by atoms with van der Waals surface area (Å²) in [6.45, 7) is 0.340. The van der Waals surface area contributed by atoms with Crippen LogP contribution >= 0.6 is 0 Å². The molecule has 2 N–H and O–H groups in total. The summed E-state index contributed by atoms with van der Waals surface area (Å²) in [5.41, 5.74) is 5.11. The molecule has 1 aromatic rings. The predicted molar refractivity (Wildman–Crippen MR) is 22.0 cm³/mol. The molecule has 0 radical (unpaired) electrons. The fraction of sp³-hybridized carbons (Fsp3) is 0.500. The van der Waals surface area contributed by atoms with Crippen LogP contribution in [0, 0.1) is 0 Å². The predicted octanol–water partition coefficient (Wildman–Crippen LogP) is -1.41. The summed E-state index contributed by atoms with van der Waals surface area (Å²) in [5.74, 6) is 0. The van der Waals surface area contributed by atoms with E-state index in [2.05, 4.69) is 15.5 Å². The Bertz CT molecular complexity index is 121. The standard InChI is InChI=1S/C2H5N5/c3-1-7-2-4-5-6-7/h2H,1,3H2. The summed E-state index contributed by atoms with van der Waals surface area (Å²) in [5, 5.41) is 10.2. The topological polar surface area (TPSA) is 69.6 Å². The lowest BCUT2D eigenvalue weighted by atomic mass is 11.1. The van der Waals surface area contributed by atoms with Gasteiger partial charge in [0.05, 0.1) is 6.67 Å². The molecular formula is C2H5N5. The summed E-state index contributed by atoms with van der Waals surface area (Å²) in [4.78, 5) is 0. The van der Waals surface area contributed by atoms with Gasteiger partial charge in [0, 0.05) is 0 Å². The summed E-state index contributed by atoms with van der Waals surface area (Å²) in [6, 6.07) is 0. The molecule has 0 aliphatic heterocycles. The zero-order valence-corrected chi connectivity index (χ0v) is 3.65. The maximum atomic E-state index is 5.11. The van der Waals surface area contributed by atoms with E-state index in [1.807, 2.05) is 0 Å². The van der Waals surface area contributed by atoms with Crippen molar-refractivity contribution in [1.29, 1.82) is 0 Å². The minimum Gasteiger partial charge on any atom is -0.312 e. The third-order valence-electron chi connectivity index (χ3n) is 0.579. The van der Waals surface area contributed by atoms with Crippen molar-refractivity contribution in [2.24, 2.45) is 5.73 Å². The summed E-state index contributed by atoms with van der Waals surface area (Å²) >= 11 is 0. The Kier molecular flexibility index (Phi) is 0.991. The molecule has 1 rings (SSSR count). The molecule has 0 unspecified atom stereocenters. The molecule has 0 saturated carbocycles.